The third-order valence-electron chi connectivity index (χ3n) is 0.668. The second kappa shape index (κ2) is 3.20. The molecule has 0 spiro atoms. The van der Waals surface area contributed by atoms with Crippen LogP contribution >= 0.6 is 7.68 Å². The van der Waals surface area contributed by atoms with E-state index >= 15 is 0 Å². The molecule has 0 radical (unpaired) electrons. The maximum atomic E-state index is 10.1. The van der Waals surface area contributed by atoms with Gasteiger partial charge in [-0.3, -0.25) is 4.79 Å². The molecule has 0 atom stereocenters. The summed E-state index contributed by atoms with van der Waals surface area (Å²) in [5, 5.41) is 0. The van der Waals surface area contributed by atoms with Crippen LogP contribution in [0.3, 0.4) is 0 Å². The molecule has 0 aliphatic rings. The van der Waals surface area contributed by atoms with Crippen molar-refractivity contribution in [1.82, 2.24) is 0 Å². The first-order valence-corrected chi connectivity index (χ1v) is 3.49. The normalized spacial score (nSPS) is 8.44. The molecule has 50 valence electrons. The Labute approximate surface area is 52.6 Å². The van der Waals surface area contributed by atoms with Crippen molar-refractivity contribution < 1.29 is 13.9 Å². The van der Waals surface area contributed by atoms with Crippen LogP contribution in [0.4, 0.5) is 0 Å². The number of nitrogens with two attached hydrogens (primary N) is 1. The van der Waals surface area contributed by atoms with E-state index in [1.54, 1.807) is 0 Å². The van der Waals surface area contributed by atoms with E-state index in [0.717, 1.165) is 0 Å². The lowest BCUT2D eigenvalue weighted by atomic mass is 10.3. The number of carbonyl (C=O) groups is 1. The minimum Gasteiger partial charge on any atom is -0.366 e. The molecule has 0 heterocycles. The van der Waals surface area contributed by atoms with E-state index < -0.39 is 13.6 Å². The lowest BCUT2D eigenvalue weighted by molar-refractivity contribution is -0.114. The Bertz CT molecular complexity index is 198. The van der Waals surface area contributed by atoms with E-state index in [0.29, 0.717) is 0 Å². The predicted octanol–water partition coefficient (Wildman–Crippen LogP) is 0.201. The zero-order valence-electron chi connectivity index (χ0n) is 4.66. The summed E-state index contributed by atoms with van der Waals surface area (Å²) in [6.07, 6.45) is -0.343. The highest BCUT2D eigenvalue weighted by molar-refractivity contribution is 7.31. The summed E-state index contributed by atoms with van der Waals surface area (Å²) in [5.74, 6) is -0.769. The van der Waals surface area contributed by atoms with Crippen molar-refractivity contribution in [3.63, 3.8) is 0 Å². The molecular formula is C4H6NO3P. The van der Waals surface area contributed by atoms with Crippen molar-refractivity contribution in [3.05, 3.63) is 12.2 Å². The summed E-state index contributed by atoms with van der Waals surface area (Å²) in [6.45, 7) is 3.14. The van der Waals surface area contributed by atoms with Gasteiger partial charge in [0, 0.05) is 5.57 Å². The minimum atomic E-state index is -2.57. The van der Waals surface area contributed by atoms with Gasteiger partial charge in [-0.05, 0) is 0 Å². The van der Waals surface area contributed by atoms with Crippen LogP contribution in [-0.4, -0.2) is 12.1 Å². The lowest BCUT2D eigenvalue weighted by Crippen LogP contribution is -2.13. The molecule has 2 N–H and O–H groups in total. The average Bonchev–Trinajstić information content (AvgIpc) is 1.63. The molecule has 0 aliphatic carbocycles. The van der Waals surface area contributed by atoms with Crippen molar-refractivity contribution in [2.45, 2.75) is 0 Å². The molecule has 0 saturated heterocycles. The van der Waals surface area contributed by atoms with Crippen molar-refractivity contribution >= 4 is 13.6 Å². The highest BCUT2D eigenvalue weighted by Crippen LogP contribution is 2.07. The largest absolute Gasteiger partial charge is 0.366 e. The molecule has 0 unspecified atom stereocenters. The van der Waals surface area contributed by atoms with Crippen molar-refractivity contribution in [3.8, 4) is 0 Å². The monoisotopic (exact) mass is 147 g/mol. The summed E-state index contributed by atoms with van der Waals surface area (Å²) in [7, 11) is -2.57. The van der Waals surface area contributed by atoms with Crippen LogP contribution in [0.5, 0.6) is 0 Å². The minimum absolute atomic E-state index is 0.0777. The van der Waals surface area contributed by atoms with Crippen LogP contribution in [0.2, 0.25) is 0 Å². The van der Waals surface area contributed by atoms with Crippen LogP contribution in [0.15, 0.2) is 12.2 Å². The van der Waals surface area contributed by atoms with Crippen LogP contribution in [0.25, 0.3) is 0 Å². The van der Waals surface area contributed by atoms with E-state index in [1.807, 2.05) is 0 Å². The topological polar surface area (TPSA) is 77.2 Å². The first kappa shape index (κ1) is 8.11. The quantitative estimate of drug-likeness (QED) is 0.457. The third-order valence-corrected chi connectivity index (χ3v) is 1.31. The molecular weight excluding hydrogens is 141 g/mol. The Morgan fingerprint density at radius 3 is 2.11 bits per heavy atom. The highest BCUT2D eigenvalue weighted by atomic mass is 31.1. The van der Waals surface area contributed by atoms with Crippen LogP contribution in [0.1, 0.15) is 0 Å². The fourth-order valence-electron chi connectivity index (χ4n) is 0.234. The van der Waals surface area contributed by atoms with Gasteiger partial charge in [0.25, 0.3) is 0 Å². The van der Waals surface area contributed by atoms with Gasteiger partial charge in [-0.25, -0.2) is 9.13 Å². The molecule has 4 nitrogen and oxygen atoms in total. The SMILES string of the molecule is C=C(CP(=O)=O)C(N)=O. The molecule has 0 aromatic rings. The van der Waals surface area contributed by atoms with E-state index in [-0.39, 0.29) is 11.7 Å². The van der Waals surface area contributed by atoms with E-state index in [9.17, 15) is 13.9 Å². The molecule has 1 amide bonds. The fraction of sp³-hybridized carbons (Fsp3) is 0.250. The first-order valence-electron chi connectivity index (χ1n) is 2.13. The van der Waals surface area contributed by atoms with Gasteiger partial charge in [0.2, 0.25) is 5.91 Å². The van der Waals surface area contributed by atoms with Crippen molar-refractivity contribution in [2.75, 3.05) is 6.16 Å². The van der Waals surface area contributed by atoms with Crippen molar-refractivity contribution in [2.24, 2.45) is 5.73 Å². The van der Waals surface area contributed by atoms with Crippen LogP contribution in [0, 0.1) is 0 Å². The second-order valence-corrected chi connectivity index (χ2v) is 2.44. The Balaban J connectivity index is 3.94. The Morgan fingerprint density at radius 2 is 2.00 bits per heavy atom. The Morgan fingerprint density at radius 1 is 1.56 bits per heavy atom. The summed E-state index contributed by atoms with van der Waals surface area (Å²) in [5.41, 5.74) is 4.60. The van der Waals surface area contributed by atoms with Crippen molar-refractivity contribution in [1.29, 1.82) is 0 Å². The third kappa shape index (κ3) is 3.67. The average molecular weight is 147 g/mol. The maximum Gasteiger partial charge on any atom is 0.320 e. The predicted molar refractivity (Wildman–Crippen MR) is 31.5 cm³/mol. The van der Waals surface area contributed by atoms with Gasteiger partial charge >= 0.3 is 7.68 Å². The smallest absolute Gasteiger partial charge is 0.320 e. The first-order chi connectivity index (χ1) is 4.04. The molecule has 0 aliphatic heterocycles. The fourth-order valence-corrected chi connectivity index (χ4v) is 0.701. The second-order valence-electron chi connectivity index (χ2n) is 1.46. The van der Waals surface area contributed by atoms with Crippen LogP contribution < -0.4 is 5.73 Å². The number of primary amides is 1. The Hall–Kier alpha value is -0.890. The number of amides is 1. The molecule has 5 heteroatoms. The number of hydrogen-bond donors (Lipinski definition) is 1. The van der Waals surface area contributed by atoms with Gasteiger partial charge < -0.3 is 5.73 Å². The van der Waals surface area contributed by atoms with Crippen LogP contribution in [-0.2, 0) is 13.9 Å². The van der Waals surface area contributed by atoms with Gasteiger partial charge in [-0.2, -0.15) is 0 Å². The summed E-state index contributed by atoms with van der Waals surface area (Å²) in [4.78, 5) is 10.1. The lowest BCUT2D eigenvalue weighted by Gasteiger charge is -1.88. The molecule has 0 fully saturated rings. The zero-order chi connectivity index (χ0) is 7.44. The molecule has 0 bridgehead atoms. The van der Waals surface area contributed by atoms with E-state index in [2.05, 4.69) is 12.3 Å². The van der Waals surface area contributed by atoms with Gasteiger partial charge in [0.1, 0.15) is 0 Å². The number of carbonyl (C=O) groups excluding carboxylic acids is 1. The summed E-state index contributed by atoms with van der Waals surface area (Å²) < 4.78 is 19.8. The van der Waals surface area contributed by atoms with Gasteiger partial charge in [-0.15, -0.1) is 0 Å². The molecule has 0 aromatic carbocycles. The highest BCUT2D eigenvalue weighted by Gasteiger charge is 2.02. The summed E-state index contributed by atoms with van der Waals surface area (Å²) >= 11 is 0. The molecule has 0 saturated carbocycles. The number of hydrogen-bond acceptors (Lipinski definition) is 3. The number of rotatable bonds is 3. The standard InChI is InChI=1S/C4H6NO3P/c1-3(4(5)6)2-9(7)8/h1-2H2,(H2,5,6). The maximum absolute atomic E-state index is 10.1. The molecule has 9 heavy (non-hydrogen) atoms. The summed E-state index contributed by atoms with van der Waals surface area (Å²) in [6, 6.07) is 0. The molecule has 0 aromatic heterocycles. The van der Waals surface area contributed by atoms with Gasteiger partial charge in [-0.1, -0.05) is 6.58 Å². The van der Waals surface area contributed by atoms with E-state index in [4.69, 9.17) is 0 Å². The Kier molecular flexibility index (Phi) is 2.88. The van der Waals surface area contributed by atoms with E-state index in [1.165, 1.54) is 0 Å². The van der Waals surface area contributed by atoms with Gasteiger partial charge in [0.15, 0.2) is 0 Å². The van der Waals surface area contributed by atoms with Gasteiger partial charge in [0.05, 0.1) is 6.16 Å². The zero-order valence-corrected chi connectivity index (χ0v) is 5.56. The molecule has 0 rings (SSSR count).